The van der Waals surface area contributed by atoms with E-state index in [1.165, 1.54) is 4.88 Å². The highest BCUT2D eigenvalue weighted by Gasteiger charge is 2.40. The molecule has 1 atom stereocenters. The van der Waals surface area contributed by atoms with Crippen LogP contribution in [0.4, 0.5) is 5.82 Å². The lowest BCUT2D eigenvalue weighted by Crippen LogP contribution is -2.43. The van der Waals surface area contributed by atoms with Crippen molar-refractivity contribution in [1.82, 2.24) is 20.0 Å². The van der Waals surface area contributed by atoms with E-state index in [0.717, 1.165) is 29.1 Å². The zero-order chi connectivity index (χ0) is 26.0. The third kappa shape index (κ3) is 5.68. The number of thiophene rings is 1. The second-order valence-corrected chi connectivity index (χ2v) is 12.5. The van der Waals surface area contributed by atoms with Gasteiger partial charge in [0.25, 0.3) is 0 Å². The molecule has 9 heteroatoms. The number of hydrogen-bond acceptors (Lipinski definition) is 6. The maximum atomic E-state index is 13.6. The lowest BCUT2D eigenvalue weighted by molar-refractivity contribution is -0.122. The third-order valence-electron chi connectivity index (χ3n) is 6.06. The number of aryl methyl sites for hydroxylation is 1. The van der Waals surface area contributed by atoms with Crippen molar-refractivity contribution in [1.29, 1.82) is 0 Å². The van der Waals surface area contributed by atoms with Gasteiger partial charge in [-0.2, -0.15) is 5.10 Å². The van der Waals surface area contributed by atoms with Crippen LogP contribution < -0.4 is 10.2 Å². The molecule has 3 aromatic rings. The second kappa shape index (κ2) is 10.8. The number of nitrogens with zero attached hydrogens (tertiary/aromatic N) is 4. The maximum absolute atomic E-state index is 13.6. The average molecular weight is 526 g/mol. The predicted octanol–water partition coefficient (Wildman–Crippen LogP) is 4.39. The van der Waals surface area contributed by atoms with E-state index >= 15 is 0 Å². The Morgan fingerprint density at radius 2 is 1.92 bits per heavy atom. The van der Waals surface area contributed by atoms with Gasteiger partial charge >= 0.3 is 0 Å². The summed E-state index contributed by atoms with van der Waals surface area (Å²) in [6.45, 7) is 9.71. The molecule has 0 aliphatic carbocycles. The van der Waals surface area contributed by atoms with Crippen LogP contribution in [0, 0.1) is 6.92 Å². The molecule has 1 aromatic carbocycles. The molecule has 0 fully saturated rings. The van der Waals surface area contributed by atoms with Gasteiger partial charge in [-0.05, 0) is 44.6 Å². The summed E-state index contributed by atoms with van der Waals surface area (Å²) in [5, 5.41) is 10.1. The first kappa shape index (κ1) is 26.4. The summed E-state index contributed by atoms with van der Waals surface area (Å²) in [5.74, 6) is 0.723. The van der Waals surface area contributed by atoms with E-state index in [1.54, 1.807) is 28.0 Å². The number of likely N-dealkylation sites (N-methyl/N-ethyl adjacent to an activating group) is 1. The molecule has 7 nitrogen and oxygen atoms in total. The Bertz CT molecular complexity index is 1210. The van der Waals surface area contributed by atoms with E-state index in [9.17, 15) is 9.59 Å². The van der Waals surface area contributed by atoms with Gasteiger partial charge in [0, 0.05) is 28.9 Å². The van der Waals surface area contributed by atoms with Crippen molar-refractivity contribution in [2.24, 2.45) is 0 Å². The Hall–Kier alpha value is -2.62. The summed E-state index contributed by atoms with van der Waals surface area (Å²) >= 11 is 3.30. The van der Waals surface area contributed by atoms with E-state index in [4.69, 9.17) is 5.10 Å². The molecule has 36 heavy (non-hydrogen) atoms. The molecule has 0 saturated heterocycles. The maximum Gasteiger partial charge on any atom is 0.240 e. The Labute approximate surface area is 221 Å². The van der Waals surface area contributed by atoms with Gasteiger partial charge in [-0.1, -0.05) is 44.5 Å². The zero-order valence-electron chi connectivity index (χ0n) is 21.9. The Balaban J connectivity index is 1.88. The highest BCUT2D eigenvalue weighted by atomic mass is 32.2. The van der Waals surface area contributed by atoms with Crippen LogP contribution in [0.3, 0.4) is 0 Å². The van der Waals surface area contributed by atoms with Crippen molar-refractivity contribution in [2.75, 3.05) is 44.4 Å². The minimum absolute atomic E-state index is 0.0424. The number of aromatic nitrogens is 2. The van der Waals surface area contributed by atoms with Crippen LogP contribution in [0.2, 0.25) is 0 Å². The van der Waals surface area contributed by atoms with E-state index in [-0.39, 0.29) is 29.0 Å². The Morgan fingerprint density at radius 1 is 1.19 bits per heavy atom. The van der Waals surface area contributed by atoms with Gasteiger partial charge in [0.2, 0.25) is 11.8 Å². The van der Waals surface area contributed by atoms with Crippen LogP contribution in [0.25, 0.3) is 5.69 Å². The molecule has 0 radical (unpaired) electrons. The number of rotatable bonds is 7. The van der Waals surface area contributed by atoms with Crippen LogP contribution in [0.15, 0.2) is 41.8 Å². The van der Waals surface area contributed by atoms with Crippen LogP contribution in [0.5, 0.6) is 0 Å². The van der Waals surface area contributed by atoms with Gasteiger partial charge < -0.3 is 10.2 Å². The molecule has 0 bridgehead atoms. The van der Waals surface area contributed by atoms with E-state index in [2.05, 4.69) is 37.5 Å². The lowest BCUT2D eigenvalue weighted by Gasteiger charge is -2.24. The molecule has 1 aliphatic rings. The quantitative estimate of drug-likeness (QED) is 0.496. The topological polar surface area (TPSA) is 70.5 Å². The van der Waals surface area contributed by atoms with Crippen molar-refractivity contribution in [2.45, 2.75) is 38.4 Å². The largest absolute Gasteiger partial charge is 0.353 e. The first-order valence-electron chi connectivity index (χ1n) is 12.1. The zero-order valence-corrected chi connectivity index (χ0v) is 23.5. The normalized spacial score (nSPS) is 16.2. The summed E-state index contributed by atoms with van der Waals surface area (Å²) < 4.78 is 1.87. The minimum Gasteiger partial charge on any atom is -0.353 e. The fraction of sp³-hybridized carbons (Fsp3) is 0.444. The van der Waals surface area contributed by atoms with Gasteiger partial charge in [-0.25, -0.2) is 4.68 Å². The molecule has 2 amide bonds. The molecular formula is C27H35N5O2S2. The summed E-state index contributed by atoms with van der Waals surface area (Å²) in [7, 11) is 3.93. The molecule has 0 spiro atoms. The number of carbonyl (C=O) groups excluding carboxylic acids is 2. The van der Waals surface area contributed by atoms with Crippen molar-refractivity contribution < 1.29 is 9.59 Å². The lowest BCUT2D eigenvalue weighted by atomic mass is 9.88. The van der Waals surface area contributed by atoms with Crippen LogP contribution in [-0.4, -0.2) is 66.0 Å². The van der Waals surface area contributed by atoms with E-state index in [1.807, 2.05) is 60.9 Å². The number of anilines is 1. The number of carbonyl (C=O) groups is 2. The summed E-state index contributed by atoms with van der Waals surface area (Å²) in [6.07, 6.45) is 0. The van der Waals surface area contributed by atoms with Gasteiger partial charge in [0.15, 0.2) is 0 Å². The highest BCUT2D eigenvalue weighted by molar-refractivity contribution is 8.00. The standard InChI is InChI=1S/C27H35N5O2S2/c1-18-9-11-19(12-10-18)32-26-23(25(29-32)27(2,3)4)24(20-8-7-15-35-20)36-17-22(34)31(26)16-21(33)28-13-14-30(5)6/h7-12,15,24H,13-14,16-17H2,1-6H3,(H,28,33). The second-order valence-electron chi connectivity index (χ2n) is 10.4. The number of fused-ring (bicyclic) bond motifs is 1. The molecule has 192 valence electrons. The van der Waals surface area contributed by atoms with Crippen LogP contribution >= 0.6 is 23.1 Å². The number of nitrogens with one attached hydrogen (secondary N) is 1. The van der Waals surface area contributed by atoms with Crippen molar-refractivity contribution in [3.63, 3.8) is 0 Å². The van der Waals surface area contributed by atoms with Crippen molar-refractivity contribution >= 4 is 40.7 Å². The van der Waals surface area contributed by atoms with E-state index < -0.39 is 0 Å². The number of amides is 2. The summed E-state index contributed by atoms with van der Waals surface area (Å²) in [5.41, 5.74) is 3.71. The van der Waals surface area contributed by atoms with Crippen LogP contribution in [-0.2, 0) is 15.0 Å². The molecule has 0 saturated carbocycles. The SMILES string of the molecule is Cc1ccc(-n2nc(C(C)(C)C)c3c2N(CC(=O)NCCN(C)C)C(=O)CSC3c2cccs2)cc1. The first-order chi connectivity index (χ1) is 17.1. The molecule has 2 aromatic heterocycles. The molecule has 3 heterocycles. The number of hydrogen-bond donors (Lipinski definition) is 1. The summed E-state index contributed by atoms with van der Waals surface area (Å²) in [6, 6.07) is 12.3. The molecule has 1 N–H and O–H groups in total. The molecule has 4 rings (SSSR count). The molecular weight excluding hydrogens is 490 g/mol. The van der Waals surface area contributed by atoms with Crippen molar-refractivity contribution in [3.05, 3.63) is 63.5 Å². The average Bonchev–Trinajstić information content (AvgIpc) is 3.44. The Kier molecular flexibility index (Phi) is 7.92. The van der Waals surface area contributed by atoms with Gasteiger partial charge in [0.1, 0.15) is 12.4 Å². The molecule has 1 aliphatic heterocycles. The highest BCUT2D eigenvalue weighted by Crippen LogP contribution is 2.49. The fourth-order valence-electron chi connectivity index (χ4n) is 4.22. The van der Waals surface area contributed by atoms with Gasteiger partial charge in [0.05, 0.1) is 22.4 Å². The first-order valence-corrected chi connectivity index (χ1v) is 14.1. The Morgan fingerprint density at radius 3 is 2.53 bits per heavy atom. The number of benzene rings is 1. The van der Waals surface area contributed by atoms with Crippen LogP contribution in [0.1, 0.15) is 47.7 Å². The summed E-state index contributed by atoms with van der Waals surface area (Å²) in [4.78, 5) is 31.4. The minimum atomic E-state index is -0.261. The smallest absolute Gasteiger partial charge is 0.240 e. The third-order valence-corrected chi connectivity index (χ3v) is 8.39. The molecule has 1 unspecified atom stereocenters. The van der Waals surface area contributed by atoms with E-state index in [0.29, 0.717) is 18.1 Å². The fourth-order valence-corrected chi connectivity index (χ4v) is 6.40. The van der Waals surface area contributed by atoms with Gasteiger partial charge in [-0.15, -0.1) is 23.1 Å². The van der Waals surface area contributed by atoms with Crippen molar-refractivity contribution in [3.8, 4) is 5.69 Å². The number of thioether (sulfide) groups is 1. The van der Waals surface area contributed by atoms with Gasteiger partial charge in [-0.3, -0.25) is 14.5 Å². The predicted molar refractivity (Wildman–Crippen MR) is 150 cm³/mol. The monoisotopic (exact) mass is 525 g/mol.